The molecule has 5 N–H and O–H groups in total. The van der Waals surface area contributed by atoms with Gasteiger partial charge in [0, 0.05) is 0 Å². The minimum Gasteiger partial charge on any atom is -0.357 e. The highest BCUT2D eigenvalue weighted by Crippen LogP contribution is 2.15. The third kappa shape index (κ3) is 2.08. The maximum Gasteiger partial charge on any atom is 0.257 e. The fraction of sp³-hybridized carbons (Fsp3) is 0.667. The zero-order chi connectivity index (χ0) is 9.19. The van der Waals surface area contributed by atoms with Crippen molar-refractivity contribution in [1.29, 1.82) is 0 Å². The summed E-state index contributed by atoms with van der Waals surface area (Å²) < 4.78 is 0. The van der Waals surface area contributed by atoms with Crippen molar-refractivity contribution >= 4 is 0 Å². The lowest BCUT2D eigenvalue weighted by atomic mass is 9.96. The molecular formula is C9H19N3+2. The quantitative estimate of drug-likeness (QED) is 0.622. The lowest BCUT2D eigenvalue weighted by Gasteiger charge is -2.08. The van der Waals surface area contributed by atoms with E-state index in [1.807, 2.05) is 6.20 Å². The smallest absolute Gasteiger partial charge is 0.257 e. The highest BCUT2D eigenvalue weighted by atomic mass is 14.9. The van der Waals surface area contributed by atoms with Crippen LogP contribution in [-0.2, 0) is 11.8 Å². The van der Waals surface area contributed by atoms with Crippen LogP contribution in [0, 0.1) is 0 Å². The van der Waals surface area contributed by atoms with E-state index in [9.17, 15) is 0 Å². The zero-order valence-corrected chi connectivity index (χ0v) is 8.20. The van der Waals surface area contributed by atoms with Crippen LogP contribution in [0.25, 0.3) is 0 Å². The molecule has 0 bridgehead atoms. The maximum absolute atomic E-state index is 3.82. The first-order valence-corrected chi connectivity index (χ1v) is 4.43. The average molecular weight is 169 g/mol. The lowest BCUT2D eigenvalue weighted by Crippen LogP contribution is -2.51. The Morgan fingerprint density at radius 1 is 1.50 bits per heavy atom. The molecule has 0 unspecified atom stereocenters. The number of hydrogen-bond donors (Lipinski definition) is 2. The van der Waals surface area contributed by atoms with Gasteiger partial charge in [0.2, 0.25) is 0 Å². The summed E-state index contributed by atoms with van der Waals surface area (Å²) in [7, 11) is 0. The number of imidazole rings is 1. The van der Waals surface area contributed by atoms with Gasteiger partial charge in [0.05, 0.1) is 18.4 Å². The molecule has 3 heteroatoms. The van der Waals surface area contributed by atoms with Crippen molar-refractivity contribution in [3.05, 3.63) is 17.7 Å². The monoisotopic (exact) mass is 169 g/mol. The van der Waals surface area contributed by atoms with Crippen LogP contribution in [0.2, 0.25) is 0 Å². The van der Waals surface area contributed by atoms with Crippen molar-refractivity contribution in [1.82, 2.24) is 4.98 Å². The third-order valence-corrected chi connectivity index (χ3v) is 1.87. The molecule has 0 radical (unpaired) electrons. The van der Waals surface area contributed by atoms with E-state index in [1.165, 1.54) is 11.5 Å². The Labute approximate surface area is 73.4 Å². The summed E-state index contributed by atoms with van der Waals surface area (Å²) in [5.74, 6) is 1.19. The van der Waals surface area contributed by atoms with Gasteiger partial charge in [-0.2, -0.15) is 0 Å². The van der Waals surface area contributed by atoms with E-state index in [0.29, 0.717) is 0 Å². The van der Waals surface area contributed by atoms with Crippen LogP contribution in [0.3, 0.4) is 0 Å². The van der Waals surface area contributed by atoms with Crippen LogP contribution in [0.5, 0.6) is 0 Å². The molecule has 0 aromatic carbocycles. The van der Waals surface area contributed by atoms with Gasteiger partial charge >= 0.3 is 0 Å². The summed E-state index contributed by atoms with van der Waals surface area (Å²) in [6.07, 6.45) is 3.05. The maximum atomic E-state index is 3.82. The van der Waals surface area contributed by atoms with Gasteiger partial charge in [-0.1, -0.05) is 0 Å². The summed E-state index contributed by atoms with van der Waals surface area (Å²) in [6, 6.07) is 0. The van der Waals surface area contributed by atoms with E-state index in [1.54, 1.807) is 0 Å². The molecule has 0 saturated heterocycles. The Hall–Kier alpha value is -0.830. The number of nitrogens with one attached hydrogen (secondary N) is 2. The molecule has 0 fully saturated rings. The SMILES string of the molecule is CC(C)(C)c1[nH]c(CC[NH3+])c[nH+]1. The summed E-state index contributed by atoms with van der Waals surface area (Å²) >= 11 is 0. The minimum atomic E-state index is 0.180. The van der Waals surface area contributed by atoms with Crippen LogP contribution < -0.4 is 10.7 Å². The van der Waals surface area contributed by atoms with Gasteiger partial charge < -0.3 is 5.73 Å². The number of rotatable bonds is 2. The summed E-state index contributed by atoms with van der Waals surface area (Å²) in [6.45, 7) is 7.49. The highest BCUT2D eigenvalue weighted by Gasteiger charge is 2.23. The Balaban J connectivity index is 2.77. The van der Waals surface area contributed by atoms with E-state index >= 15 is 0 Å². The first-order valence-electron chi connectivity index (χ1n) is 4.43. The van der Waals surface area contributed by atoms with Gasteiger partial charge in [-0.25, -0.2) is 9.97 Å². The fourth-order valence-electron chi connectivity index (χ4n) is 1.12. The molecule has 1 aromatic rings. The van der Waals surface area contributed by atoms with E-state index < -0.39 is 0 Å². The Morgan fingerprint density at radius 2 is 2.17 bits per heavy atom. The molecule has 0 amide bonds. The molecule has 0 spiro atoms. The normalized spacial score (nSPS) is 12.0. The van der Waals surface area contributed by atoms with Gasteiger partial charge in [0.15, 0.2) is 0 Å². The van der Waals surface area contributed by atoms with Crippen LogP contribution in [0.15, 0.2) is 6.20 Å². The largest absolute Gasteiger partial charge is 0.357 e. The average Bonchev–Trinajstić information content (AvgIpc) is 2.35. The van der Waals surface area contributed by atoms with Crippen molar-refractivity contribution in [3.8, 4) is 0 Å². The molecule has 1 rings (SSSR count). The summed E-state index contributed by atoms with van der Waals surface area (Å²) in [4.78, 5) is 6.61. The molecule has 0 saturated carbocycles. The molecule has 0 aliphatic heterocycles. The molecule has 12 heavy (non-hydrogen) atoms. The Bertz CT molecular complexity index is 245. The highest BCUT2D eigenvalue weighted by molar-refractivity contribution is 5.01. The molecule has 68 valence electrons. The van der Waals surface area contributed by atoms with Crippen LogP contribution in [0.4, 0.5) is 0 Å². The number of aromatic amines is 2. The van der Waals surface area contributed by atoms with E-state index in [2.05, 4.69) is 36.5 Å². The summed E-state index contributed by atoms with van der Waals surface area (Å²) in [5, 5.41) is 0. The number of H-pyrrole nitrogens is 2. The first kappa shape index (κ1) is 9.26. The third-order valence-electron chi connectivity index (χ3n) is 1.87. The Morgan fingerprint density at radius 3 is 2.58 bits per heavy atom. The van der Waals surface area contributed by atoms with Gasteiger partial charge in [-0.05, 0) is 20.8 Å². The van der Waals surface area contributed by atoms with Crippen molar-refractivity contribution in [3.63, 3.8) is 0 Å². The van der Waals surface area contributed by atoms with Gasteiger partial charge in [0.1, 0.15) is 11.9 Å². The predicted molar refractivity (Wildman–Crippen MR) is 47.5 cm³/mol. The molecule has 1 heterocycles. The second-order valence-corrected chi connectivity index (χ2v) is 4.17. The zero-order valence-electron chi connectivity index (χ0n) is 8.20. The minimum absolute atomic E-state index is 0.180. The molecule has 1 aromatic heterocycles. The van der Waals surface area contributed by atoms with Crippen LogP contribution in [0.1, 0.15) is 32.3 Å². The number of hydrogen-bond acceptors (Lipinski definition) is 0. The predicted octanol–water partition coefficient (Wildman–Crippen LogP) is -0.0893. The van der Waals surface area contributed by atoms with E-state index in [4.69, 9.17) is 0 Å². The number of aromatic nitrogens is 2. The fourth-order valence-corrected chi connectivity index (χ4v) is 1.12. The second kappa shape index (κ2) is 3.27. The van der Waals surface area contributed by atoms with Gasteiger partial charge in [0.25, 0.3) is 5.82 Å². The van der Waals surface area contributed by atoms with Crippen LogP contribution >= 0.6 is 0 Å². The first-order chi connectivity index (χ1) is 5.54. The molecular weight excluding hydrogens is 150 g/mol. The van der Waals surface area contributed by atoms with Crippen molar-refractivity contribution in [2.75, 3.05) is 6.54 Å². The van der Waals surface area contributed by atoms with Gasteiger partial charge in [-0.3, -0.25) is 0 Å². The van der Waals surface area contributed by atoms with E-state index in [-0.39, 0.29) is 5.41 Å². The van der Waals surface area contributed by atoms with E-state index in [0.717, 1.165) is 13.0 Å². The standard InChI is InChI=1S/C9H17N3/c1-9(2,3)8-11-6-7(12-8)4-5-10/h6H,4-5,10H2,1-3H3,(H,11,12)/p+2. The molecule has 0 atom stereocenters. The molecule has 0 aliphatic carbocycles. The van der Waals surface area contributed by atoms with Crippen molar-refractivity contribution in [2.24, 2.45) is 0 Å². The van der Waals surface area contributed by atoms with Gasteiger partial charge in [-0.15, -0.1) is 0 Å². The topological polar surface area (TPSA) is 57.6 Å². The summed E-state index contributed by atoms with van der Waals surface area (Å²) in [5.41, 5.74) is 5.24. The number of quaternary nitrogens is 1. The Kier molecular flexibility index (Phi) is 2.52. The lowest BCUT2D eigenvalue weighted by molar-refractivity contribution is -0.395. The molecule has 0 aliphatic rings. The molecule has 3 nitrogen and oxygen atoms in total. The van der Waals surface area contributed by atoms with Crippen molar-refractivity contribution in [2.45, 2.75) is 32.6 Å². The second-order valence-electron chi connectivity index (χ2n) is 4.17. The van der Waals surface area contributed by atoms with Crippen LogP contribution in [-0.4, -0.2) is 11.5 Å². The van der Waals surface area contributed by atoms with Crippen molar-refractivity contribution < 1.29 is 10.7 Å².